The van der Waals surface area contributed by atoms with Gasteiger partial charge in [0.05, 0.1) is 25.6 Å². The first-order chi connectivity index (χ1) is 9.40. The second-order valence-corrected chi connectivity index (χ2v) is 4.50. The van der Waals surface area contributed by atoms with Crippen LogP contribution >= 0.6 is 0 Å². The first-order valence-corrected chi connectivity index (χ1v) is 6.44. The van der Waals surface area contributed by atoms with Gasteiger partial charge in [0.15, 0.2) is 5.82 Å². The smallest absolute Gasteiger partial charge is 0.229 e. The molecule has 0 bridgehead atoms. The summed E-state index contributed by atoms with van der Waals surface area (Å²) in [6, 6.07) is 5.79. The summed E-state index contributed by atoms with van der Waals surface area (Å²) in [7, 11) is 0. The average Bonchev–Trinajstić information content (AvgIpc) is 2.88. The molecule has 2 aromatic heterocycles. The van der Waals surface area contributed by atoms with Crippen molar-refractivity contribution in [1.29, 1.82) is 0 Å². The number of rotatable bonds is 4. The summed E-state index contributed by atoms with van der Waals surface area (Å²) >= 11 is 0. The largest absolute Gasteiger partial charge is 0.375 e. The van der Waals surface area contributed by atoms with Gasteiger partial charge in [-0.2, -0.15) is 4.98 Å². The Kier molecular flexibility index (Phi) is 3.81. The zero-order valence-electron chi connectivity index (χ0n) is 10.6. The topological polar surface area (TPSA) is 73.1 Å². The molecule has 0 spiro atoms. The van der Waals surface area contributed by atoms with E-state index in [9.17, 15) is 0 Å². The van der Waals surface area contributed by atoms with Crippen LogP contribution in [0.15, 0.2) is 28.9 Å². The van der Waals surface area contributed by atoms with Crippen LogP contribution in [0.25, 0.3) is 0 Å². The Bertz CT molecular complexity index is 508. The fraction of sp³-hybridized carbons (Fsp3) is 0.462. The van der Waals surface area contributed by atoms with E-state index in [4.69, 9.17) is 9.26 Å². The van der Waals surface area contributed by atoms with Crippen LogP contribution in [-0.2, 0) is 17.6 Å². The van der Waals surface area contributed by atoms with Gasteiger partial charge in [-0.15, -0.1) is 0 Å². The number of ether oxygens (including phenoxy) is 1. The third kappa shape index (κ3) is 3.36. The molecule has 1 aliphatic heterocycles. The van der Waals surface area contributed by atoms with E-state index < -0.39 is 0 Å². The number of pyridine rings is 1. The third-order valence-corrected chi connectivity index (χ3v) is 2.98. The van der Waals surface area contributed by atoms with Gasteiger partial charge in [0, 0.05) is 25.0 Å². The second kappa shape index (κ2) is 5.90. The molecule has 2 aromatic rings. The highest BCUT2D eigenvalue weighted by molar-refractivity contribution is 5.09. The van der Waals surface area contributed by atoms with Gasteiger partial charge in [0.25, 0.3) is 0 Å². The highest BCUT2D eigenvalue weighted by Gasteiger charge is 2.17. The SMILES string of the molecule is c1ccc(Cc2noc(CC3CNCCO3)n2)nc1. The average molecular weight is 260 g/mol. The lowest BCUT2D eigenvalue weighted by atomic mass is 10.2. The van der Waals surface area contributed by atoms with Crippen molar-refractivity contribution in [3.05, 3.63) is 41.8 Å². The van der Waals surface area contributed by atoms with E-state index in [1.807, 2.05) is 18.2 Å². The maximum atomic E-state index is 5.61. The molecule has 0 aromatic carbocycles. The van der Waals surface area contributed by atoms with Gasteiger partial charge in [-0.3, -0.25) is 4.98 Å². The Morgan fingerprint density at radius 3 is 3.16 bits per heavy atom. The lowest BCUT2D eigenvalue weighted by molar-refractivity contribution is 0.0246. The molecule has 6 heteroatoms. The predicted octanol–water partition coefficient (Wildman–Crippen LogP) is 0.586. The molecule has 1 saturated heterocycles. The highest BCUT2D eigenvalue weighted by atomic mass is 16.5. The van der Waals surface area contributed by atoms with Crippen LogP contribution < -0.4 is 5.32 Å². The molecule has 6 nitrogen and oxygen atoms in total. The quantitative estimate of drug-likeness (QED) is 0.867. The van der Waals surface area contributed by atoms with E-state index in [0.29, 0.717) is 24.6 Å². The molecule has 100 valence electrons. The second-order valence-electron chi connectivity index (χ2n) is 4.50. The minimum absolute atomic E-state index is 0.122. The summed E-state index contributed by atoms with van der Waals surface area (Å²) in [5, 5.41) is 7.25. The van der Waals surface area contributed by atoms with Gasteiger partial charge >= 0.3 is 0 Å². The molecular formula is C13H16N4O2. The fourth-order valence-corrected chi connectivity index (χ4v) is 2.06. The summed E-state index contributed by atoms with van der Waals surface area (Å²) in [5.41, 5.74) is 0.936. The minimum Gasteiger partial charge on any atom is -0.375 e. The Morgan fingerprint density at radius 1 is 1.37 bits per heavy atom. The van der Waals surface area contributed by atoms with Crippen molar-refractivity contribution in [2.45, 2.75) is 18.9 Å². The van der Waals surface area contributed by atoms with Gasteiger partial charge in [0.2, 0.25) is 5.89 Å². The van der Waals surface area contributed by atoms with Crippen molar-refractivity contribution in [1.82, 2.24) is 20.4 Å². The van der Waals surface area contributed by atoms with Crippen LogP contribution in [0.2, 0.25) is 0 Å². The van der Waals surface area contributed by atoms with E-state index in [-0.39, 0.29) is 6.10 Å². The van der Waals surface area contributed by atoms with Crippen molar-refractivity contribution in [3.8, 4) is 0 Å². The van der Waals surface area contributed by atoms with E-state index >= 15 is 0 Å². The lowest BCUT2D eigenvalue weighted by Gasteiger charge is -2.21. The van der Waals surface area contributed by atoms with Crippen molar-refractivity contribution in [3.63, 3.8) is 0 Å². The minimum atomic E-state index is 0.122. The molecule has 3 heterocycles. The third-order valence-electron chi connectivity index (χ3n) is 2.98. The van der Waals surface area contributed by atoms with E-state index in [1.165, 1.54) is 0 Å². The first kappa shape index (κ1) is 12.3. The Morgan fingerprint density at radius 2 is 2.37 bits per heavy atom. The molecule has 19 heavy (non-hydrogen) atoms. The summed E-state index contributed by atoms with van der Waals surface area (Å²) in [4.78, 5) is 8.62. The maximum Gasteiger partial charge on any atom is 0.229 e. The van der Waals surface area contributed by atoms with E-state index in [1.54, 1.807) is 6.20 Å². The molecule has 0 radical (unpaired) electrons. The van der Waals surface area contributed by atoms with Gasteiger partial charge < -0.3 is 14.6 Å². The number of aromatic nitrogens is 3. The van der Waals surface area contributed by atoms with Crippen LogP contribution in [0, 0.1) is 0 Å². The molecule has 0 saturated carbocycles. The molecular weight excluding hydrogens is 244 g/mol. The number of morpholine rings is 1. The molecule has 1 aliphatic rings. The van der Waals surface area contributed by atoms with Crippen LogP contribution in [-0.4, -0.2) is 40.9 Å². The van der Waals surface area contributed by atoms with Gasteiger partial charge in [0.1, 0.15) is 0 Å². The molecule has 1 fully saturated rings. The van der Waals surface area contributed by atoms with Crippen molar-refractivity contribution >= 4 is 0 Å². The van der Waals surface area contributed by atoms with Crippen LogP contribution in [0.5, 0.6) is 0 Å². The lowest BCUT2D eigenvalue weighted by Crippen LogP contribution is -2.39. The summed E-state index contributed by atoms with van der Waals surface area (Å²) in [5.74, 6) is 1.29. The molecule has 0 aliphatic carbocycles. The van der Waals surface area contributed by atoms with Crippen LogP contribution in [0.3, 0.4) is 0 Å². The van der Waals surface area contributed by atoms with E-state index in [2.05, 4.69) is 20.4 Å². The number of nitrogens with one attached hydrogen (secondary N) is 1. The van der Waals surface area contributed by atoms with Gasteiger partial charge in [-0.05, 0) is 12.1 Å². The standard InChI is InChI=1S/C13H16N4O2/c1-2-4-15-10(3-1)7-12-16-13(19-17-12)8-11-9-14-5-6-18-11/h1-4,11,14H,5-9H2. The molecule has 1 atom stereocenters. The number of hydrogen-bond acceptors (Lipinski definition) is 6. The molecule has 1 N–H and O–H groups in total. The fourth-order valence-electron chi connectivity index (χ4n) is 2.06. The van der Waals surface area contributed by atoms with Crippen molar-refractivity contribution < 1.29 is 9.26 Å². The Labute approximate surface area is 111 Å². The summed E-state index contributed by atoms with van der Waals surface area (Å²) < 4.78 is 10.8. The first-order valence-electron chi connectivity index (χ1n) is 6.44. The zero-order chi connectivity index (χ0) is 12.9. The summed E-state index contributed by atoms with van der Waals surface area (Å²) in [6.07, 6.45) is 3.13. The van der Waals surface area contributed by atoms with Gasteiger partial charge in [-0.1, -0.05) is 11.2 Å². The van der Waals surface area contributed by atoms with Crippen LogP contribution in [0.1, 0.15) is 17.4 Å². The Balaban J connectivity index is 1.59. The highest BCUT2D eigenvalue weighted by Crippen LogP contribution is 2.08. The Hall–Kier alpha value is -1.79. The molecule has 3 rings (SSSR count). The molecule has 0 amide bonds. The predicted molar refractivity (Wildman–Crippen MR) is 67.7 cm³/mol. The molecule has 1 unspecified atom stereocenters. The maximum absolute atomic E-state index is 5.61. The van der Waals surface area contributed by atoms with Crippen LogP contribution in [0.4, 0.5) is 0 Å². The van der Waals surface area contributed by atoms with E-state index in [0.717, 1.165) is 25.4 Å². The van der Waals surface area contributed by atoms with Gasteiger partial charge in [-0.25, -0.2) is 0 Å². The summed E-state index contributed by atoms with van der Waals surface area (Å²) in [6.45, 7) is 2.48. The van der Waals surface area contributed by atoms with Crippen molar-refractivity contribution in [2.24, 2.45) is 0 Å². The normalized spacial score (nSPS) is 19.5. The number of nitrogens with zero attached hydrogens (tertiary/aromatic N) is 3. The zero-order valence-corrected chi connectivity index (χ0v) is 10.6. The van der Waals surface area contributed by atoms with Crippen molar-refractivity contribution in [2.75, 3.05) is 19.7 Å². The number of hydrogen-bond donors (Lipinski definition) is 1. The monoisotopic (exact) mass is 260 g/mol.